The van der Waals surface area contributed by atoms with Crippen molar-refractivity contribution in [2.45, 2.75) is 11.8 Å². The number of rotatable bonds is 5. The van der Waals surface area contributed by atoms with Gasteiger partial charge in [0.05, 0.1) is 15.1 Å². The summed E-state index contributed by atoms with van der Waals surface area (Å²) in [5.74, 6) is -1.27. The van der Waals surface area contributed by atoms with Crippen molar-refractivity contribution in [1.29, 1.82) is 0 Å². The summed E-state index contributed by atoms with van der Waals surface area (Å²) in [5.41, 5.74) is 6.96. The van der Waals surface area contributed by atoms with E-state index in [1.54, 1.807) is 18.2 Å². The third-order valence-electron chi connectivity index (χ3n) is 3.35. The van der Waals surface area contributed by atoms with E-state index < -0.39 is 21.5 Å². The van der Waals surface area contributed by atoms with Gasteiger partial charge in [-0.2, -0.15) is 0 Å². The van der Waals surface area contributed by atoms with Gasteiger partial charge in [-0.1, -0.05) is 41.7 Å². The van der Waals surface area contributed by atoms with Crippen LogP contribution in [-0.2, 0) is 14.6 Å². The van der Waals surface area contributed by atoms with Crippen LogP contribution in [0.3, 0.4) is 0 Å². The molecule has 2 aromatic carbocycles. The lowest BCUT2D eigenvalue weighted by molar-refractivity contribution is -0.118. The fourth-order valence-corrected chi connectivity index (χ4v) is 4.24. The summed E-state index contributed by atoms with van der Waals surface area (Å²) in [6, 6.07) is 13.7. The minimum Gasteiger partial charge on any atom is -0.273 e. The number of carbonyl (C=O) groups is 1. The fraction of sp³-hybridized carbons (Fsp3) is 0.125. The Morgan fingerprint density at radius 2 is 1.88 bits per heavy atom. The lowest BCUT2D eigenvalue weighted by Gasteiger charge is -2.06. The molecule has 1 heterocycles. The number of nitrogens with one attached hydrogen (secondary N) is 2. The molecule has 1 amide bonds. The Balaban J connectivity index is 1.66. The maximum absolute atomic E-state index is 12.1. The van der Waals surface area contributed by atoms with Crippen molar-refractivity contribution in [2.24, 2.45) is 0 Å². The normalized spacial score (nSPS) is 11.4. The molecular formula is C16H15N3O3S2. The Morgan fingerprint density at radius 3 is 2.58 bits per heavy atom. The molecule has 8 heteroatoms. The first kappa shape index (κ1) is 16.4. The van der Waals surface area contributed by atoms with Gasteiger partial charge in [-0.15, -0.1) is 0 Å². The lowest BCUT2D eigenvalue weighted by atomic mass is 10.2. The number of sulfone groups is 1. The second-order valence-corrected chi connectivity index (χ2v) is 8.21. The summed E-state index contributed by atoms with van der Waals surface area (Å²) in [7, 11) is -3.66. The van der Waals surface area contributed by atoms with Crippen LogP contribution in [0.2, 0.25) is 0 Å². The molecule has 0 saturated carbocycles. The predicted octanol–water partition coefficient (Wildman–Crippen LogP) is 2.52. The largest absolute Gasteiger partial charge is 0.273 e. The van der Waals surface area contributed by atoms with Crippen LogP contribution >= 0.6 is 11.3 Å². The maximum Gasteiger partial charge on any atom is 0.253 e. The van der Waals surface area contributed by atoms with Crippen LogP contribution in [0, 0.1) is 6.92 Å². The Morgan fingerprint density at radius 1 is 1.12 bits per heavy atom. The standard InChI is InChI=1S/C16H15N3O3S2/c1-11-6-5-9-13-15(11)17-16(23-13)19-18-14(20)10-24(21,22)12-7-3-2-4-8-12/h2-9H,10H2,1H3,(H,17,19)(H,18,20). The average molecular weight is 361 g/mol. The molecule has 0 aliphatic heterocycles. The molecule has 124 valence electrons. The molecule has 3 aromatic rings. The van der Waals surface area contributed by atoms with Gasteiger partial charge in [0.15, 0.2) is 9.84 Å². The minimum atomic E-state index is -3.66. The van der Waals surface area contributed by atoms with E-state index >= 15 is 0 Å². The predicted molar refractivity (Wildman–Crippen MR) is 94.6 cm³/mol. The zero-order valence-electron chi connectivity index (χ0n) is 12.8. The van der Waals surface area contributed by atoms with Crippen molar-refractivity contribution in [1.82, 2.24) is 10.4 Å². The number of carbonyl (C=O) groups excluding carboxylic acids is 1. The highest BCUT2D eigenvalue weighted by Gasteiger charge is 2.19. The van der Waals surface area contributed by atoms with Crippen molar-refractivity contribution >= 4 is 42.4 Å². The van der Waals surface area contributed by atoms with Gasteiger partial charge in [0.1, 0.15) is 5.75 Å². The Labute approximate surface area is 143 Å². The van der Waals surface area contributed by atoms with Crippen LogP contribution in [0.25, 0.3) is 10.2 Å². The maximum atomic E-state index is 12.1. The van der Waals surface area contributed by atoms with E-state index in [9.17, 15) is 13.2 Å². The van der Waals surface area contributed by atoms with Gasteiger partial charge < -0.3 is 0 Å². The summed E-state index contributed by atoms with van der Waals surface area (Å²) < 4.78 is 25.3. The molecule has 0 bridgehead atoms. The molecule has 0 aliphatic rings. The molecule has 0 aliphatic carbocycles. The van der Waals surface area contributed by atoms with Gasteiger partial charge in [0.2, 0.25) is 5.13 Å². The Hall–Kier alpha value is -2.45. The smallest absolute Gasteiger partial charge is 0.253 e. The van der Waals surface area contributed by atoms with Gasteiger partial charge in [-0.05, 0) is 30.7 Å². The number of hydrogen-bond donors (Lipinski definition) is 2. The first-order valence-corrected chi connectivity index (χ1v) is 9.61. The van der Waals surface area contributed by atoms with Crippen molar-refractivity contribution in [3.05, 3.63) is 54.1 Å². The monoisotopic (exact) mass is 361 g/mol. The van der Waals surface area contributed by atoms with Crippen LogP contribution in [-0.4, -0.2) is 25.1 Å². The molecular weight excluding hydrogens is 346 g/mol. The molecule has 1 aromatic heterocycles. The van der Waals surface area contributed by atoms with Crippen molar-refractivity contribution < 1.29 is 13.2 Å². The molecule has 2 N–H and O–H groups in total. The molecule has 0 atom stereocenters. The summed E-state index contributed by atoms with van der Waals surface area (Å²) in [4.78, 5) is 16.4. The second kappa shape index (κ2) is 6.58. The number of hydrogen-bond acceptors (Lipinski definition) is 6. The van der Waals surface area contributed by atoms with Gasteiger partial charge in [0, 0.05) is 0 Å². The number of hydrazine groups is 1. The highest BCUT2D eigenvalue weighted by Crippen LogP contribution is 2.27. The quantitative estimate of drug-likeness (QED) is 0.682. The number of benzene rings is 2. The van der Waals surface area contributed by atoms with Crippen LogP contribution in [0.1, 0.15) is 5.56 Å². The molecule has 24 heavy (non-hydrogen) atoms. The molecule has 0 saturated heterocycles. The van der Waals surface area contributed by atoms with Gasteiger partial charge in [-0.3, -0.25) is 15.6 Å². The zero-order valence-corrected chi connectivity index (χ0v) is 14.4. The number of thiazole rings is 1. The highest BCUT2D eigenvalue weighted by atomic mass is 32.2. The zero-order chi connectivity index (χ0) is 17.2. The summed E-state index contributed by atoms with van der Waals surface area (Å²) in [5, 5.41) is 0.504. The van der Waals surface area contributed by atoms with Crippen molar-refractivity contribution in [3.8, 4) is 0 Å². The third kappa shape index (κ3) is 3.55. The van der Waals surface area contributed by atoms with E-state index in [-0.39, 0.29) is 4.90 Å². The molecule has 0 spiro atoms. The van der Waals surface area contributed by atoms with Crippen LogP contribution in [0.15, 0.2) is 53.4 Å². The summed E-state index contributed by atoms with van der Waals surface area (Å²) >= 11 is 1.38. The number of anilines is 1. The average Bonchev–Trinajstić information content (AvgIpc) is 2.98. The van der Waals surface area contributed by atoms with E-state index in [4.69, 9.17) is 0 Å². The topological polar surface area (TPSA) is 88.2 Å². The van der Waals surface area contributed by atoms with E-state index in [0.29, 0.717) is 5.13 Å². The summed E-state index contributed by atoms with van der Waals surface area (Å²) in [6.07, 6.45) is 0. The number of amides is 1. The van der Waals surface area contributed by atoms with E-state index in [1.807, 2.05) is 25.1 Å². The van der Waals surface area contributed by atoms with E-state index in [1.165, 1.54) is 23.5 Å². The number of fused-ring (bicyclic) bond motifs is 1. The number of aryl methyl sites for hydroxylation is 1. The van der Waals surface area contributed by atoms with Crippen LogP contribution in [0.5, 0.6) is 0 Å². The number of para-hydroxylation sites is 1. The van der Waals surface area contributed by atoms with E-state index in [2.05, 4.69) is 15.8 Å². The molecule has 3 rings (SSSR count). The summed E-state index contributed by atoms with van der Waals surface area (Å²) in [6.45, 7) is 1.96. The molecule has 0 fully saturated rings. The van der Waals surface area contributed by atoms with Gasteiger partial charge in [0.25, 0.3) is 5.91 Å². The first-order valence-electron chi connectivity index (χ1n) is 7.14. The van der Waals surface area contributed by atoms with E-state index in [0.717, 1.165) is 15.8 Å². The van der Waals surface area contributed by atoms with Crippen LogP contribution in [0.4, 0.5) is 5.13 Å². The second-order valence-electron chi connectivity index (χ2n) is 5.19. The highest BCUT2D eigenvalue weighted by molar-refractivity contribution is 7.92. The first-order chi connectivity index (χ1) is 11.5. The van der Waals surface area contributed by atoms with Gasteiger partial charge >= 0.3 is 0 Å². The molecule has 0 radical (unpaired) electrons. The number of nitrogens with zero attached hydrogens (tertiary/aromatic N) is 1. The van der Waals surface area contributed by atoms with Crippen molar-refractivity contribution in [2.75, 3.05) is 11.2 Å². The molecule has 6 nitrogen and oxygen atoms in total. The SMILES string of the molecule is Cc1cccc2sc(NNC(=O)CS(=O)(=O)c3ccccc3)nc12. The molecule has 0 unspecified atom stereocenters. The third-order valence-corrected chi connectivity index (χ3v) is 5.92. The Kier molecular flexibility index (Phi) is 4.50. The Bertz CT molecular complexity index is 982. The minimum absolute atomic E-state index is 0.121. The van der Waals surface area contributed by atoms with Gasteiger partial charge in [-0.25, -0.2) is 13.4 Å². The lowest BCUT2D eigenvalue weighted by Crippen LogP contribution is -2.34. The van der Waals surface area contributed by atoms with Crippen molar-refractivity contribution in [3.63, 3.8) is 0 Å². The number of aromatic nitrogens is 1. The fourth-order valence-electron chi connectivity index (χ4n) is 2.18. The van der Waals surface area contributed by atoms with Crippen LogP contribution < -0.4 is 10.9 Å².